The molecule has 3 heterocycles. The molecule has 3 rings (SSSR count). The number of amides is 1. The number of hydrogen-bond acceptors (Lipinski definition) is 8. The normalized spacial score (nSPS) is 16.3. The van der Waals surface area contributed by atoms with Crippen molar-refractivity contribution in [2.45, 2.75) is 32.9 Å². The van der Waals surface area contributed by atoms with Crippen LogP contribution < -0.4 is 20.4 Å². The lowest BCUT2D eigenvalue weighted by Gasteiger charge is -2.21. The molecular formula is C19H28N8O. The fourth-order valence-electron chi connectivity index (χ4n) is 3.19. The van der Waals surface area contributed by atoms with Gasteiger partial charge in [0.25, 0.3) is 5.91 Å². The molecule has 0 unspecified atom stereocenters. The van der Waals surface area contributed by atoms with Crippen molar-refractivity contribution in [3.63, 3.8) is 0 Å². The molecule has 9 heteroatoms. The molecule has 1 atom stereocenters. The SMILES string of the molecule is CNC(=O)c1nc(C)c(C)c(N2CC[C@@H](NCc3cnc(N(C)C)nc3)C2)n1. The number of carbonyl (C=O) groups is 1. The first-order chi connectivity index (χ1) is 13.4. The van der Waals surface area contributed by atoms with Crippen molar-refractivity contribution in [2.24, 2.45) is 0 Å². The van der Waals surface area contributed by atoms with Crippen LogP contribution in [0, 0.1) is 13.8 Å². The number of aryl methyl sites for hydroxylation is 1. The number of nitrogens with one attached hydrogen (secondary N) is 2. The first-order valence-electron chi connectivity index (χ1n) is 9.43. The van der Waals surface area contributed by atoms with Crippen molar-refractivity contribution >= 4 is 17.7 Å². The molecule has 2 aromatic heterocycles. The molecule has 1 fully saturated rings. The predicted octanol–water partition coefficient (Wildman–Crippen LogP) is 0.678. The van der Waals surface area contributed by atoms with E-state index in [9.17, 15) is 4.79 Å². The highest BCUT2D eigenvalue weighted by Gasteiger charge is 2.26. The van der Waals surface area contributed by atoms with Crippen LogP contribution >= 0.6 is 0 Å². The largest absolute Gasteiger partial charge is 0.355 e. The monoisotopic (exact) mass is 384 g/mol. The molecule has 0 spiro atoms. The van der Waals surface area contributed by atoms with Crippen molar-refractivity contribution in [2.75, 3.05) is 44.0 Å². The molecule has 2 aromatic rings. The van der Waals surface area contributed by atoms with E-state index in [0.29, 0.717) is 12.0 Å². The molecule has 0 saturated carbocycles. The average molecular weight is 384 g/mol. The quantitative estimate of drug-likeness (QED) is 0.750. The van der Waals surface area contributed by atoms with E-state index in [-0.39, 0.29) is 11.7 Å². The van der Waals surface area contributed by atoms with E-state index in [1.54, 1.807) is 7.05 Å². The Morgan fingerprint density at radius 2 is 1.96 bits per heavy atom. The highest BCUT2D eigenvalue weighted by molar-refractivity contribution is 5.90. The number of nitrogens with zero attached hydrogens (tertiary/aromatic N) is 6. The van der Waals surface area contributed by atoms with Gasteiger partial charge in [-0.1, -0.05) is 0 Å². The topological polar surface area (TPSA) is 99.2 Å². The fourth-order valence-corrected chi connectivity index (χ4v) is 3.19. The minimum atomic E-state index is -0.264. The molecule has 0 aromatic carbocycles. The fraction of sp³-hybridized carbons (Fsp3) is 0.526. The van der Waals surface area contributed by atoms with Gasteiger partial charge in [-0.3, -0.25) is 4.79 Å². The van der Waals surface area contributed by atoms with E-state index in [1.807, 2.05) is 45.2 Å². The Hall–Kier alpha value is -2.81. The number of rotatable bonds is 6. The number of anilines is 2. The summed E-state index contributed by atoms with van der Waals surface area (Å²) in [6.07, 6.45) is 4.72. The van der Waals surface area contributed by atoms with E-state index >= 15 is 0 Å². The van der Waals surface area contributed by atoms with Gasteiger partial charge in [-0.25, -0.2) is 19.9 Å². The van der Waals surface area contributed by atoms with Crippen LogP contribution in [-0.4, -0.2) is 66.1 Å². The van der Waals surface area contributed by atoms with Crippen LogP contribution in [0.3, 0.4) is 0 Å². The van der Waals surface area contributed by atoms with E-state index < -0.39 is 0 Å². The Morgan fingerprint density at radius 3 is 2.61 bits per heavy atom. The Bertz CT molecular complexity index is 837. The van der Waals surface area contributed by atoms with Crippen LogP contribution in [0.15, 0.2) is 12.4 Å². The third kappa shape index (κ3) is 4.36. The van der Waals surface area contributed by atoms with Crippen molar-refractivity contribution in [1.82, 2.24) is 30.6 Å². The maximum absolute atomic E-state index is 12.0. The zero-order valence-electron chi connectivity index (χ0n) is 17.2. The van der Waals surface area contributed by atoms with Crippen molar-refractivity contribution in [3.8, 4) is 0 Å². The van der Waals surface area contributed by atoms with Crippen LogP contribution in [0.4, 0.5) is 11.8 Å². The van der Waals surface area contributed by atoms with Gasteiger partial charge in [-0.05, 0) is 20.3 Å². The maximum Gasteiger partial charge on any atom is 0.288 e. The van der Waals surface area contributed by atoms with Crippen LogP contribution in [-0.2, 0) is 6.54 Å². The minimum absolute atomic E-state index is 0.218. The lowest BCUT2D eigenvalue weighted by Crippen LogP contribution is -2.33. The summed E-state index contributed by atoms with van der Waals surface area (Å²) < 4.78 is 0. The van der Waals surface area contributed by atoms with Crippen LogP contribution in [0.25, 0.3) is 0 Å². The van der Waals surface area contributed by atoms with Crippen molar-refractivity contribution in [3.05, 3.63) is 35.0 Å². The molecule has 28 heavy (non-hydrogen) atoms. The summed E-state index contributed by atoms with van der Waals surface area (Å²) in [6.45, 7) is 6.36. The second-order valence-corrected chi connectivity index (χ2v) is 7.26. The van der Waals surface area contributed by atoms with Gasteiger partial charge >= 0.3 is 0 Å². The molecule has 1 aliphatic heterocycles. The summed E-state index contributed by atoms with van der Waals surface area (Å²) in [5.41, 5.74) is 2.90. The lowest BCUT2D eigenvalue weighted by molar-refractivity contribution is 0.0952. The van der Waals surface area contributed by atoms with Gasteiger partial charge in [-0.15, -0.1) is 0 Å². The summed E-state index contributed by atoms with van der Waals surface area (Å²) in [7, 11) is 5.44. The zero-order chi connectivity index (χ0) is 20.3. The third-order valence-corrected chi connectivity index (χ3v) is 4.97. The molecule has 0 radical (unpaired) electrons. The molecule has 1 aliphatic rings. The van der Waals surface area contributed by atoms with Crippen molar-refractivity contribution < 1.29 is 4.79 Å². The highest BCUT2D eigenvalue weighted by atomic mass is 16.2. The van der Waals surface area contributed by atoms with E-state index in [0.717, 1.165) is 48.7 Å². The molecule has 1 saturated heterocycles. The summed E-state index contributed by atoms with van der Waals surface area (Å²) in [5.74, 6) is 1.50. The second-order valence-electron chi connectivity index (χ2n) is 7.26. The predicted molar refractivity (Wildman–Crippen MR) is 109 cm³/mol. The molecular weight excluding hydrogens is 356 g/mol. The van der Waals surface area contributed by atoms with E-state index in [2.05, 4.69) is 35.5 Å². The number of hydrogen-bond donors (Lipinski definition) is 2. The molecule has 2 N–H and O–H groups in total. The third-order valence-electron chi connectivity index (χ3n) is 4.97. The number of carbonyl (C=O) groups excluding carboxylic acids is 1. The zero-order valence-corrected chi connectivity index (χ0v) is 17.2. The standard InChI is InChI=1S/C19H28N8O/c1-12-13(2)24-16(18(28)20-3)25-17(12)27-7-6-15(11-27)21-8-14-9-22-19(23-10-14)26(4)5/h9-10,15,21H,6-8,11H2,1-5H3,(H,20,28)/t15-/m1/s1. The Morgan fingerprint density at radius 1 is 1.25 bits per heavy atom. The summed E-state index contributed by atoms with van der Waals surface area (Å²) >= 11 is 0. The van der Waals surface area contributed by atoms with Gasteiger partial charge in [0.15, 0.2) is 0 Å². The van der Waals surface area contributed by atoms with Gasteiger partial charge in [0.2, 0.25) is 11.8 Å². The van der Waals surface area contributed by atoms with Gasteiger partial charge in [-0.2, -0.15) is 0 Å². The van der Waals surface area contributed by atoms with E-state index in [1.165, 1.54) is 0 Å². The molecule has 1 amide bonds. The second kappa shape index (κ2) is 8.47. The van der Waals surface area contributed by atoms with Gasteiger partial charge in [0, 0.05) is 76.0 Å². The summed E-state index contributed by atoms with van der Waals surface area (Å²) in [6, 6.07) is 0.339. The highest BCUT2D eigenvalue weighted by Crippen LogP contribution is 2.24. The van der Waals surface area contributed by atoms with Crippen molar-refractivity contribution in [1.29, 1.82) is 0 Å². The summed E-state index contributed by atoms with van der Waals surface area (Å²) in [4.78, 5) is 33.6. The lowest BCUT2D eigenvalue weighted by atomic mass is 10.2. The summed E-state index contributed by atoms with van der Waals surface area (Å²) in [5, 5.41) is 6.17. The Labute approximate surface area is 165 Å². The Kier molecular flexibility index (Phi) is 6.03. The average Bonchev–Trinajstić information content (AvgIpc) is 3.16. The number of aromatic nitrogens is 4. The van der Waals surface area contributed by atoms with Gasteiger partial charge in [0.1, 0.15) is 5.82 Å². The van der Waals surface area contributed by atoms with Crippen LogP contribution in [0.2, 0.25) is 0 Å². The van der Waals surface area contributed by atoms with Gasteiger partial charge < -0.3 is 20.4 Å². The Balaban J connectivity index is 1.63. The van der Waals surface area contributed by atoms with Crippen LogP contribution in [0.1, 0.15) is 33.9 Å². The first kappa shape index (κ1) is 19.9. The molecule has 9 nitrogen and oxygen atoms in total. The maximum atomic E-state index is 12.0. The first-order valence-corrected chi connectivity index (χ1v) is 9.43. The minimum Gasteiger partial charge on any atom is -0.355 e. The van der Waals surface area contributed by atoms with E-state index in [4.69, 9.17) is 0 Å². The molecule has 0 aliphatic carbocycles. The smallest absolute Gasteiger partial charge is 0.288 e. The van der Waals surface area contributed by atoms with Gasteiger partial charge in [0.05, 0.1) is 0 Å². The molecule has 150 valence electrons. The molecule has 0 bridgehead atoms. The van der Waals surface area contributed by atoms with Crippen LogP contribution in [0.5, 0.6) is 0 Å².